The quantitative estimate of drug-likeness (QED) is 0.867. The van der Waals surface area contributed by atoms with E-state index in [4.69, 9.17) is 4.74 Å². The van der Waals surface area contributed by atoms with Gasteiger partial charge in [0, 0.05) is 30.1 Å². The number of nitrogens with zero attached hydrogens (tertiary/aromatic N) is 4. The third-order valence-corrected chi connectivity index (χ3v) is 3.42. The average molecular weight is 329 g/mol. The van der Waals surface area contributed by atoms with Crippen LogP contribution in [0.5, 0.6) is 0 Å². The first kappa shape index (κ1) is 17.7. The number of anilines is 1. The number of aromatic nitrogens is 3. The second-order valence-electron chi connectivity index (χ2n) is 6.93. The summed E-state index contributed by atoms with van der Waals surface area (Å²) in [5.74, 6) is 0.455. The summed E-state index contributed by atoms with van der Waals surface area (Å²) in [7, 11) is 0. The minimum atomic E-state index is -0.314. The van der Waals surface area contributed by atoms with Crippen LogP contribution in [0.3, 0.4) is 0 Å². The van der Waals surface area contributed by atoms with Crippen molar-refractivity contribution in [3.63, 3.8) is 0 Å². The third kappa shape index (κ3) is 3.82. The first-order chi connectivity index (χ1) is 11.1. The molecule has 0 aliphatic rings. The molecule has 7 nitrogen and oxygen atoms in total. The molecule has 1 atom stereocenters. The fourth-order valence-corrected chi connectivity index (χ4v) is 2.56. The zero-order chi connectivity index (χ0) is 18.1. The van der Waals surface area contributed by atoms with Crippen LogP contribution in [0.15, 0.2) is 6.20 Å². The van der Waals surface area contributed by atoms with Gasteiger partial charge >= 0.3 is 5.97 Å². The van der Waals surface area contributed by atoms with Gasteiger partial charge in [-0.2, -0.15) is 14.9 Å². The zero-order valence-corrected chi connectivity index (χ0v) is 15.0. The second kappa shape index (κ2) is 6.48. The highest BCUT2D eigenvalue weighted by molar-refractivity contribution is 5.66. The molecule has 2 aromatic heterocycles. The van der Waals surface area contributed by atoms with Gasteiger partial charge in [-0.3, -0.25) is 4.79 Å². The first-order valence-corrected chi connectivity index (χ1v) is 7.85. The van der Waals surface area contributed by atoms with Crippen LogP contribution in [0.2, 0.25) is 0 Å². The van der Waals surface area contributed by atoms with Gasteiger partial charge in [0.25, 0.3) is 0 Å². The molecule has 0 saturated heterocycles. The van der Waals surface area contributed by atoms with Crippen molar-refractivity contribution in [2.75, 3.05) is 5.32 Å². The normalized spacial score (nSPS) is 12.7. The van der Waals surface area contributed by atoms with Crippen LogP contribution in [0.1, 0.15) is 51.4 Å². The molecule has 128 valence electrons. The lowest BCUT2D eigenvalue weighted by Gasteiger charge is -2.26. The Morgan fingerprint density at radius 2 is 2.17 bits per heavy atom. The molecule has 0 aromatic carbocycles. The molecule has 2 heterocycles. The number of rotatable bonds is 4. The molecule has 0 radical (unpaired) electrons. The average Bonchev–Trinajstić information content (AvgIpc) is 2.83. The van der Waals surface area contributed by atoms with E-state index in [0.717, 1.165) is 17.1 Å². The standard InChI is InChI=1S/C17H23N5O2/c1-10(24-12(3)23)7-14-11(2)20-15-13(8-18)9-19-22(15)16(14)21-17(4,5)6/h9-10,21H,7H2,1-6H3/t10-/m1/s1. The van der Waals surface area contributed by atoms with Gasteiger partial charge in [-0.25, -0.2) is 4.98 Å². The number of fused-ring (bicyclic) bond motifs is 1. The van der Waals surface area contributed by atoms with E-state index < -0.39 is 0 Å². The van der Waals surface area contributed by atoms with Gasteiger partial charge in [-0.15, -0.1) is 0 Å². The van der Waals surface area contributed by atoms with Crippen molar-refractivity contribution in [1.82, 2.24) is 14.6 Å². The molecule has 0 aliphatic heterocycles. The van der Waals surface area contributed by atoms with E-state index in [-0.39, 0.29) is 17.6 Å². The van der Waals surface area contributed by atoms with Crippen LogP contribution in [-0.2, 0) is 16.0 Å². The molecule has 0 unspecified atom stereocenters. The van der Waals surface area contributed by atoms with Crippen LogP contribution < -0.4 is 5.32 Å². The lowest BCUT2D eigenvalue weighted by molar-refractivity contribution is -0.145. The lowest BCUT2D eigenvalue weighted by atomic mass is 10.0. The topological polar surface area (TPSA) is 92.3 Å². The number of nitrogens with one attached hydrogen (secondary N) is 1. The van der Waals surface area contributed by atoms with Crippen LogP contribution in [0, 0.1) is 18.3 Å². The monoisotopic (exact) mass is 329 g/mol. The van der Waals surface area contributed by atoms with E-state index in [1.54, 1.807) is 4.52 Å². The SMILES string of the molecule is CC(=O)O[C@H](C)Cc1c(C)nc2c(C#N)cnn2c1NC(C)(C)C. The van der Waals surface area contributed by atoms with Gasteiger partial charge in [-0.1, -0.05) is 0 Å². The number of nitriles is 1. The fraction of sp³-hybridized carbons (Fsp3) is 0.529. The minimum absolute atomic E-state index is 0.209. The van der Waals surface area contributed by atoms with Gasteiger partial charge in [0.15, 0.2) is 5.65 Å². The Morgan fingerprint density at radius 3 is 2.71 bits per heavy atom. The Hall–Kier alpha value is -2.62. The van der Waals surface area contributed by atoms with Gasteiger partial charge in [0.2, 0.25) is 0 Å². The summed E-state index contributed by atoms with van der Waals surface area (Å²) in [5, 5.41) is 17.0. The number of hydrogen-bond donors (Lipinski definition) is 1. The fourth-order valence-electron chi connectivity index (χ4n) is 2.56. The number of esters is 1. The highest BCUT2D eigenvalue weighted by Gasteiger charge is 2.22. The van der Waals surface area contributed by atoms with E-state index >= 15 is 0 Å². The van der Waals surface area contributed by atoms with Crippen molar-refractivity contribution >= 4 is 17.4 Å². The van der Waals surface area contributed by atoms with E-state index in [1.165, 1.54) is 13.1 Å². The van der Waals surface area contributed by atoms with E-state index in [0.29, 0.717) is 17.6 Å². The summed E-state index contributed by atoms with van der Waals surface area (Å²) in [6.45, 7) is 11.3. The molecule has 0 saturated carbocycles. The van der Waals surface area contributed by atoms with E-state index in [1.807, 2.05) is 34.6 Å². The summed E-state index contributed by atoms with van der Waals surface area (Å²) >= 11 is 0. The Balaban J connectivity index is 2.60. The maximum absolute atomic E-state index is 11.2. The second-order valence-corrected chi connectivity index (χ2v) is 6.93. The van der Waals surface area contributed by atoms with Gasteiger partial charge in [-0.05, 0) is 34.6 Å². The summed E-state index contributed by atoms with van der Waals surface area (Å²) in [6.07, 6.45) is 1.73. The highest BCUT2D eigenvalue weighted by atomic mass is 16.5. The molecule has 0 spiro atoms. The molecular weight excluding hydrogens is 306 g/mol. The predicted molar refractivity (Wildman–Crippen MR) is 90.7 cm³/mol. The van der Waals surface area contributed by atoms with Crippen LogP contribution in [0.4, 0.5) is 5.82 Å². The van der Waals surface area contributed by atoms with Gasteiger partial charge < -0.3 is 10.1 Å². The van der Waals surface area contributed by atoms with Crippen molar-refractivity contribution < 1.29 is 9.53 Å². The van der Waals surface area contributed by atoms with Crippen molar-refractivity contribution in [1.29, 1.82) is 5.26 Å². The maximum Gasteiger partial charge on any atom is 0.302 e. The Bertz CT molecular complexity index is 811. The Labute approximate surface area is 141 Å². The van der Waals surface area contributed by atoms with Crippen LogP contribution in [-0.4, -0.2) is 32.2 Å². The van der Waals surface area contributed by atoms with E-state index in [2.05, 4.69) is 21.5 Å². The molecule has 2 aromatic rings. The van der Waals surface area contributed by atoms with Crippen molar-refractivity contribution in [2.24, 2.45) is 0 Å². The number of carbonyl (C=O) groups is 1. The van der Waals surface area contributed by atoms with Crippen LogP contribution in [0.25, 0.3) is 5.65 Å². The molecule has 0 aliphatic carbocycles. The maximum atomic E-state index is 11.2. The Kier molecular flexibility index (Phi) is 4.78. The minimum Gasteiger partial charge on any atom is -0.463 e. The summed E-state index contributed by atoms with van der Waals surface area (Å²) in [5.41, 5.74) is 2.43. The lowest BCUT2D eigenvalue weighted by Crippen LogP contribution is -2.30. The van der Waals surface area contributed by atoms with Crippen molar-refractivity contribution in [2.45, 2.75) is 59.6 Å². The molecule has 0 fully saturated rings. The summed E-state index contributed by atoms with van der Waals surface area (Å²) < 4.78 is 6.90. The van der Waals surface area contributed by atoms with Gasteiger partial charge in [0.05, 0.1) is 6.20 Å². The van der Waals surface area contributed by atoms with Crippen molar-refractivity contribution in [3.8, 4) is 6.07 Å². The first-order valence-electron chi connectivity index (χ1n) is 7.85. The smallest absolute Gasteiger partial charge is 0.302 e. The zero-order valence-electron chi connectivity index (χ0n) is 15.0. The Morgan fingerprint density at radius 1 is 1.50 bits per heavy atom. The van der Waals surface area contributed by atoms with Gasteiger partial charge in [0.1, 0.15) is 23.6 Å². The summed E-state index contributed by atoms with van der Waals surface area (Å²) in [4.78, 5) is 15.7. The number of hydrogen-bond acceptors (Lipinski definition) is 6. The molecule has 0 bridgehead atoms. The highest BCUT2D eigenvalue weighted by Crippen LogP contribution is 2.26. The van der Waals surface area contributed by atoms with Crippen molar-refractivity contribution in [3.05, 3.63) is 23.0 Å². The molecule has 2 rings (SSSR count). The molecule has 1 N–H and O–H groups in total. The largest absolute Gasteiger partial charge is 0.463 e. The molecule has 0 amide bonds. The van der Waals surface area contributed by atoms with Crippen LogP contribution >= 0.6 is 0 Å². The third-order valence-electron chi connectivity index (χ3n) is 3.42. The predicted octanol–water partition coefficient (Wildman–Crippen LogP) is 2.61. The summed E-state index contributed by atoms with van der Waals surface area (Å²) in [6, 6.07) is 2.11. The number of aryl methyl sites for hydroxylation is 1. The molecular formula is C17H23N5O2. The van der Waals surface area contributed by atoms with E-state index in [9.17, 15) is 10.1 Å². The molecule has 24 heavy (non-hydrogen) atoms. The number of ether oxygens (including phenoxy) is 1. The number of carbonyl (C=O) groups excluding carboxylic acids is 1. The molecule has 7 heteroatoms.